The van der Waals surface area contributed by atoms with Gasteiger partial charge in [0.05, 0.1) is 98.2 Å². The molecule has 0 aromatic rings. The fourth-order valence-corrected chi connectivity index (χ4v) is 30.2. The molecule has 24 nitrogen and oxygen atoms in total. The normalized spacial score (nSPS) is 30.8. The van der Waals surface area contributed by atoms with Crippen molar-refractivity contribution < 1.29 is 73.3 Å². The topological polar surface area (TPSA) is 244 Å². The van der Waals surface area contributed by atoms with Gasteiger partial charge in [-0.25, -0.2) is 0 Å². The van der Waals surface area contributed by atoms with Crippen LogP contribution < -0.4 is 42.5 Å². The first kappa shape index (κ1) is 128. The van der Waals surface area contributed by atoms with Gasteiger partial charge in [-0.15, -0.1) is 0 Å². The van der Waals surface area contributed by atoms with Crippen molar-refractivity contribution in [2.45, 2.75) is 563 Å². The zero-order valence-corrected chi connectivity index (χ0v) is 109. The van der Waals surface area contributed by atoms with Crippen LogP contribution in [0.2, 0.25) is 145 Å². The molecule has 8 bridgehead atoms. The number of hydrogen-bond donors (Lipinski definition) is 8. The van der Waals surface area contributed by atoms with E-state index in [9.17, 15) is 0 Å². The summed E-state index contributed by atoms with van der Waals surface area (Å²) in [5.74, 6) is -0.166. The van der Waals surface area contributed by atoms with Gasteiger partial charge in [0.25, 0.3) is 0 Å². The van der Waals surface area contributed by atoms with Gasteiger partial charge < -0.3 is 73.3 Å². The maximum atomic E-state index is 7.68. The Kier molecular flexibility index (Phi) is 48.2. The van der Waals surface area contributed by atoms with Gasteiger partial charge in [0, 0.05) is 153 Å². The summed E-state index contributed by atoms with van der Waals surface area (Å²) in [6.45, 7) is 106. The molecule has 9 aliphatic rings. The van der Waals surface area contributed by atoms with Crippen molar-refractivity contribution in [1.29, 1.82) is 0 Å². The molecule has 0 aromatic carbocycles. The highest BCUT2D eigenvalue weighted by molar-refractivity contribution is 6.77. The first-order valence-corrected chi connectivity index (χ1v) is 82.0. The van der Waals surface area contributed by atoms with Crippen LogP contribution in [-0.4, -0.2) is 270 Å². The molecule has 4 aliphatic carbocycles. The molecule has 0 spiro atoms. The Hall–Kier alpha value is 0.775. The summed E-state index contributed by atoms with van der Waals surface area (Å²) in [6.07, 6.45) is 19.3. The molecule has 0 radical (unpaired) electrons. The second-order valence-electron chi connectivity index (χ2n) is 57.9. The number of hydrogen-bond acceptors (Lipinski definition) is 24. The van der Waals surface area contributed by atoms with Gasteiger partial charge in [0.2, 0.25) is 0 Å². The molecule has 5 heterocycles. The van der Waals surface area contributed by atoms with Crippen molar-refractivity contribution in [3.63, 3.8) is 0 Å². The predicted molar refractivity (Wildman–Crippen MR) is 617 cm³/mol. The van der Waals surface area contributed by atoms with Gasteiger partial charge in [-0.3, -0.25) is 42.5 Å². The van der Waals surface area contributed by atoms with Crippen LogP contribution in [0.3, 0.4) is 0 Å². The van der Waals surface area contributed by atoms with Crippen LogP contribution in [0.25, 0.3) is 0 Å². The van der Waals surface area contributed by atoms with Crippen LogP contribution in [0.4, 0.5) is 0 Å². The van der Waals surface area contributed by atoms with E-state index in [1.54, 1.807) is 0 Å². The molecule has 144 heavy (non-hydrogen) atoms. The molecule has 0 aromatic heterocycles. The van der Waals surface area contributed by atoms with E-state index in [-0.39, 0.29) is 186 Å². The highest BCUT2D eigenvalue weighted by Gasteiger charge is 2.64. The third-order valence-electron chi connectivity index (χ3n) is 39.2. The van der Waals surface area contributed by atoms with Gasteiger partial charge in [-0.2, -0.15) is 0 Å². The highest BCUT2D eigenvalue weighted by Crippen LogP contribution is 2.53. The highest BCUT2D eigenvalue weighted by atomic mass is 28.4. The minimum absolute atomic E-state index is 0.0207. The van der Waals surface area contributed by atoms with Gasteiger partial charge >= 0.3 is 0 Å². The lowest BCUT2D eigenvalue weighted by molar-refractivity contribution is -0.116. The van der Waals surface area contributed by atoms with E-state index in [2.05, 4.69) is 313 Å². The number of rotatable bonds is 56. The predicted octanol–water partition coefficient (Wildman–Crippen LogP) is 25.0. The van der Waals surface area contributed by atoms with E-state index < -0.39 is 66.5 Å². The molecule has 8 N–H and O–H groups in total. The smallest absolute Gasteiger partial charge is 0.191 e. The van der Waals surface area contributed by atoms with Gasteiger partial charge in [-0.1, -0.05) is 166 Å². The van der Waals surface area contributed by atoms with Crippen LogP contribution >= 0.6 is 0 Å². The van der Waals surface area contributed by atoms with E-state index in [0.717, 1.165) is 207 Å². The Morgan fingerprint density at radius 2 is 0.229 bits per heavy atom. The Morgan fingerprint density at radius 3 is 0.312 bits per heavy atom. The zero-order valence-electron chi connectivity index (χ0n) is 101. The van der Waals surface area contributed by atoms with Crippen molar-refractivity contribution in [2.24, 2.45) is 47.3 Å². The second-order valence-corrected chi connectivity index (χ2v) is 96.4. The molecule has 16 atom stereocenters. The van der Waals surface area contributed by atoms with Crippen molar-refractivity contribution >= 4 is 66.5 Å². The first-order valence-electron chi connectivity index (χ1n) is 58.7. The quantitative estimate of drug-likeness (QED) is 0.0208. The number of nitrogens with one attached hydrogen (secondary N) is 8. The second kappa shape index (κ2) is 54.1. The van der Waals surface area contributed by atoms with Crippen LogP contribution in [0, 0.1) is 47.3 Å². The van der Waals surface area contributed by atoms with E-state index in [0.29, 0.717) is 52.9 Å². The standard InChI is InChI=1S/C112H232N8O16Si8/c1-105(2,3)137(25,26)129-73-49-41-65-121-81-57-58-82(122-66-42-50-74-130-138(27,28)106(4,5)6)90-89(81)97-113-98(90)118-100-93-85(125-69-45-53-77-133-141(33,34)109(13,14)15)61-62-86(126-70-46-54-78-134-142(35,36)110(16,17)18)94(93)102(115-100)120-104-96-88(128-72-48-56-80-136-144(39,40)112(22,23)24)64-63-87(127-71-47-55-79-135-143(37,38)111(19,20)21)95(96)103(116-104)119-101-92-84(124-68-44-52-76-132-140(31,32)108(10,11)12)60-59-83(91(92)99(114-101)117-97)123-67-43-51-75-131-139(29,30)107(7,8)9/h81-104,113-120H,41-80H2,1-40H3. The van der Waals surface area contributed by atoms with E-state index in [1.807, 2.05) is 0 Å². The van der Waals surface area contributed by atoms with Crippen LogP contribution in [0.5, 0.6) is 0 Å². The lowest BCUT2D eigenvalue weighted by Crippen LogP contribution is -2.62. The van der Waals surface area contributed by atoms with Crippen molar-refractivity contribution in [1.82, 2.24) is 42.5 Å². The van der Waals surface area contributed by atoms with Crippen LogP contribution in [-0.2, 0) is 73.3 Å². The number of ether oxygens (including phenoxy) is 8. The fourth-order valence-electron chi connectivity index (χ4n) is 21.5. The third-order valence-corrected chi connectivity index (χ3v) is 75.5. The summed E-state index contributed by atoms with van der Waals surface area (Å²) in [7, 11) is -15.8. The molecule has 9 rings (SSSR count). The first-order chi connectivity index (χ1) is 66.6. The van der Waals surface area contributed by atoms with E-state index >= 15 is 0 Å². The Bertz CT molecular complexity index is 3010. The molecule has 16 unspecified atom stereocenters. The molecule has 5 aliphatic heterocycles. The van der Waals surface area contributed by atoms with E-state index in [4.69, 9.17) is 73.3 Å². The average molecular weight is 2170 g/mol. The SMILES string of the molecule is CC(C)(C)[Si](C)(C)OCCCCOC1CCC(OCCCCO[Si](C)(C)C(C)(C)C)C2C3NC(NC4NC(NC5NC(NC6NC(N3)C3C(OCCCCO[Si](C)(C)C(C)(C)C)CCC(OCCCCO[Si](C)(C)C(C)(C)C)C63)C3C(OCCCCO[Si](C)(C)C(C)(C)C)CCC(OCCCCO[Si](C)(C)C(C)(C)C)C53)C3C(OCCCCO[Si](C)(C)C(C)(C)C)CCC(OCCCCO[Si](C)(C)C(C)(C)C)C43)C12. The van der Waals surface area contributed by atoms with E-state index in [1.165, 1.54) is 0 Å². The fraction of sp³-hybridized carbons (Fsp3) is 1.00. The maximum Gasteiger partial charge on any atom is 0.191 e. The molecular weight excluding hydrogens is 1940 g/mol. The summed E-state index contributed by atoms with van der Waals surface area (Å²) in [5.41, 5.74) is 0. The van der Waals surface area contributed by atoms with Crippen molar-refractivity contribution in [3.8, 4) is 0 Å². The third kappa shape index (κ3) is 35.4. The van der Waals surface area contributed by atoms with Gasteiger partial charge in [0.1, 0.15) is 0 Å². The van der Waals surface area contributed by atoms with Crippen LogP contribution in [0.1, 0.15) is 320 Å². The number of fused-ring (bicyclic) bond motifs is 20. The summed E-state index contributed by atoms with van der Waals surface area (Å²) in [4.78, 5) is 0. The molecular formula is C112H232N8O16Si8. The lowest BCUT2D eigenvalue weighted by Gasteiger charge is -2.45. The molecule has 848 valence electrons. The minimum Gasteiger partial charge on any atom is -0.417 e. The lowest BCUT2D eigenvalue weighted by atomic mass is 9.72. The maximum absolute atomic E-state index is 7.68. The summed E-state index contributed by atoms with van der Waals surface area (Å²) < 4.78 is 117. The average Bonchev–Trinajstić information content (AvgIpc) is 1.57. The largest absolute Gasteiger partial charge is 0.417 e. The summed E-state index contributed by atoms with van der Waals surface area (Å²) >= 11 is 0. The van der Waals surface area contributed by atoms with Gasteiger partial charge in [0.15, 0.2) is 66.5 Å². The minimum atomic E-state index is -1.98. The molecule has 0 amide bonds. The Morgan fingerprint density at radius 1 is 0.146 bits per heavy atom. The molecule has 9 fully saturated rings. The van der Waals surface area contributed by atoms with Crippen molar-refractivity contribution in [2.75, 3.05) is 106 Å². The Labute approximate surface area is 892 Å². The monoisotopic (exact) mass is 2170 g/mol. The Balaban J connectivity index is 1.22. The molecule has 5 saturated heterocycles. The summed E-state index contributed by atoms with van der Waals surface area (Å²) in [5, 5.41) is 38.1. The molecule has 32 heteroatoms. The summed E-state index contributed by atoms with van der Waals surface area (Å²) in [6, 6.07) is 0. The number of unbranched alkanes of at least 4 members (excludes halogenated alkanes) is 8. The zero-order chi connectivity index (χ0) is 107. The van der Waals surface area contributed by atoms with Crippen molar-refractivity contribution in [3.05, 3.63) is 0 Å². The van der Waals surface area contributed by atoms with Gasteiger partial charge in [-0.05, 0) is 299 Å². The van der Waals surface area contributed by atoms with Crippen LogP contribution in [0.15, 0.2) is 0 Å². The molecule has 4 saturated carbocycles.